The molecular formula is C28H50N4O4. The van der Waals surface area contributed by atoms with Gasteiger partial charge >= 0.3 is 0 Å². The van der Waals surface area contributed by atoms with Crippen LogP contribution in [-0.2, 0) is 22.6 Å². The van der Waals surface area contributed by atoms with Crippen LogP contribution in [0.25, 0.3) is 0 Å². The van der Waals surface area contributed by atoms with Crippen LogP contribution in [0.5, 0.6) is 0 Å². The molecule has 2 amide bonds. The number of aliphatic hydroxyl groups excluding tert-OH is 1. The minimum absolute atomic E-state index is 0.00433. The molecular weight excluding hydrogens is 456 g/mol. The zero-order valence-corrected chi connectivity index (χ0v) is 23.4. The smallest absolute Gasteiger partial charge is 0.242 e. The van der Waals surface area contributed by atoms with E-state index in [1.807, 2.05) is 6.07 Å². The maximum absolute atomic E-state index is 13.0. The zero-order valence-electron chi connectivity index (χ0n) is 23.4. The summed E-state index contributed by atoms with van der Waals surface area (Å²) in [6.45, 7) is 11.2. The Morgan fingerprint density at radius 2 is 1.83 bits per heavy atom. The van der Waals surface area contributed by atoms with Crippen molar-refractivity contribution in [2.75, 3.05) is 13.6 Å². The number of nitrogens with zero attached hydrogens (tertiary/aromatic N) is 2. The first kappa shape index (κ1) is 30.3. The molecule has 1 aromatic rings. The average Bonchev–Trinajstić information content (AvgIpc) is 3.23. The van der Waals surface area contributed by atoms with E-state index in [2.05, 4.69) is 43.5 Å². The summed E-state index contributed by atoms with van der Waals surface area (Å²) in [5.41, 5.74) is 0.917. The molecule has 36 heavy (non-hydrogen) atoms. The number of aromatic nitrogens is 1. The molecule has 0 radical (unpaired) electrons. The molecule has 0 aliphatic carbocycles. The Balaban J connectivity index is 1.99. The molecule has 8 nitrogen and oxygen atoms in total. The van der Waals surface area contributed by atoms with E-state index in [4.69, 9.17) is 4.52 Å². The van der Waals surface area contributed by atoms with E-state index in [0.717, 1.165) is 50.0 Å². The first-order valence-corrected chi connectivity index (χ1v) is 13.9. The molecule has 2 rings (SSSR count). The lowest BCUT2D eigenvalue weighted by atomic mass is 9.91. The summed E-state index contributed by atoms with van der Waals surface area (Å²) in [6, 6.07) is 0.974. The summed E-state index contributed by atoms with van der Waals surface area (Å²) < 4.78 is 5.45. The Morgan fingerprint density at radius 3 is 2.53 bits per heavy atom. The number of amides is 2. The zero-order chi connectivity index (χ0) is 26.7. The van der Waals surface area contributed by atoms with Crippen LogP contribution in [0.2, 0.25) is 0 Å². The fourth-order valence-corrected chi connectivity index (χ4v) is 4.75. The molecule has 206 valence electrons. The van der Waals surface area contributed by atoms with Crippen molar-refractivity contribution in [2.24, 2.45) is 11.3 Å². The van der Waals surface area contributed by atoms with Crippen LogP contribution in [0, 0.1) is 11.3 Å². The summed E-state index contributed by atoms with van der Waals surface area (Å²) in [5.74, 6) is 1.00. The van der Waals surface area contributed by atoms with E-state index < -0.39 is 18.2 Å². The molecule has 3 N–H and O–H groups in total. The van der Waals surface area contributed by atoms with Crippen LogP contribution < -0.4 is 10.6 Å². The van der Waals surface area contributed by atoms with Crippen molar-refractivity contribution >= 4 is 11.8 Å². The number of hydrogen-bond acceptors (Lipinski definition) is 6. The lowest BCUT2D eigenvalue weighted by Crippen LogP contribution is -2.53. The van der Waals surface area contributed by atoms with Gasteiger partial charge in [-0.15, -0.1) is 0 Å². The van der Waals surface area contributed by atoms with Gasteiger partial charge in [0.2, 0.25) is 11.8 Å². The van der Waals surface area contributed by atoms with Gasteiger partial charge < -0.3 is 25.2 Å². The lowest BCUT2D eigenvalue weighted by Gasteiger charge is -2.31. The number of likely N-dealkylation sites (N-methyl/N-ethyl adjacent to an activating group) is 1. The van der Waals surface area contributed by atoms with E-state index in [0.29, 0.717) is 31.8 Å². The predicted molar refractivity (Wildman–Crippen MR) is 142 cm³/mol. The summed E-state index contributed by atoms with van der Waals surface area (Å²) in [5, 5.41) is 21.5. The van der Waals surface area contributed by atoms with Crippen molar-refractivity contribution in [3.63, 3.8) is 0 Å². The second kappa shape index (κ2) is 14.7. The van der Waals surface area contributed by atoms with Gasteiger partial charge in [0.25, 0.3) is 0 Å². The Morgan fingerprint density at radius 1 is 1.17 bits per heavy atom. The van der Waals surface area contributed by atoms with Gasteiger partial charge in [0.05, 0.1) is 17.8 Å². The number of hydrogen-bond donors (Lipinski definition) is 3. The fraction of sp³-hybridized carbons (Fsp3) is 0.821. The SMILES string of the molecule is C[C@@H]1CCCCCCCCC(=O)N(C)[C@@H](C)C(=O)N[C@H]([C@H](O)CNCc2cc(CC(C)(C)C)on2)C1. The van der Waals surface area contributed by atoms with Crippen LogP contribution in [0.3, 0.4) is 0 Å². The van der Waals surface area contributed by atoms with Crippen LogP contribution in [0.4, 0.5) is 0 Å². The van der Waals surface area contributed by atoms with Crippen molar-refractivity contribution in [1.82, 2.24) is 20.7 Å². The second-order valence-electron chi connectivity index (χ2n) is 12.0. The predicted octanol–water partition coefficient (Wildman–Crippen LogP) is 4.21. The minimum atomic E-state index is -0.760. The summed E-state index contributed by atoms with van der Waals surface area (Å²) in [7, 11) is 1.69. The number of rotatable bonds is 6. The van der Waals surface area contributed by atoms with Crippen LogP contribution in [0.15, 0.2) is 10.6 Å². The number of carbonyl (C=O) groups is 2. The van der Waals surface area contributed by atoms with Crippen molar-refractivity contribution in [2.45, 2.75) is 124 Å². The number of aliphatic hydroxyl groups is 1. The molecule has 1 saturated heterocycles. The lowest BCUT2D eigenvalue weighted by molar-refractivity contribution is -0.139. The largest absolute Gasteiger partial charge is 0.390 e. The minimum Gasteiger partial charge on any atom is -0.390 e. The van der Waals surface area contributed by atoms with Gasteiger partial charge in [-0.3, -0.25) is 9.59 Å². The topological polar surface area (TPSA) is 108 Å². The first-order chi connectivity index (χ1) is 17.0. The highest BCUT2D eigenvalue weighted by Gasteiger charge is 2.28. The molecule has 1 aliphatic rings. The van der Waals surface area contributed by atoms with Crippen molar-refractivity contribution in [3.8, 4) is 0 Å². The van der Waals surface area contributed by atoms with Gasteiger partial charge in [0.1, 0.15) is 11.8 Å². The standard InChI is InChI=1S/C28H50N4O4/c1-20-13-11-9-7-8-10-12-14-26(34)32(6)21(2)27(35)30-24(15-20)25(33)19-29-18-22-16-23(36-31-22)17-28(3,4)5/h16,20-21,24-25,29,33H,7-15,17-19H2,1-6H3,(H,30,35)/t20-,21+,24+,25-/m1/s1. The van der Waals surface area contributed by atoms with Crippen molar-refractivity contribution in [1.29, 1.82) is 0 Å². The third-order valence-corrected chi connectivity index (χ3v) is 7.11. The third kappa shape index (κ3) is 11.0. The average molecular weight is 507 g/mol. The third-order valence-electron chi connectivity index (χ3n) is 7.11. The molecule has 1 fully saturated rings. The second-order valence-corrected chi connectivity index (χ2v) is 12.0. The molecule has 0 bridgehead atoms. The van der Waals surface area contributed by atoms with E-state index in [1.54, 1.807) is 14.0 Å². The van der Waals surface area contributed by atoms with E-state index in [1.165, 1.54) is 17.7 Å². The molecule has 1 aromatic heterocycles. The van der Waals surface area contributed by atoms with Crippen LogP contribution in [0.1, 0.15) is 104 Å². The van der Waals surface area contributed by atoms with Crippen molar-refractivity contribution < 1.29 is 19.2 Å². The monoisotopic (exact) mass is 506 g/mol. The molecule has 4 atom stereocenters. The maximum Gasteiger partial charge on any atom is 0.242 e. The molecule has 0 saturated carbocycles. The molecule has 0 aromatic carbocycles. The van der Waals surface area contributed by atoms with Gasteiger partial charge in [-0.05, 0) is 31.1 Å². The molecule has 0 spiro atoms. The van der Waals surface area contributed by atoms with E-state index in [9.17, 15) is 14.7 Å². The normalized spacial score (nSPS) is 25.0. The highest BCUT2D eigenvalue weighted by Crippen LogP contribution is 2.21. The summed E-state index contributed by atoms with van der Waals surface area (Å²) in [4.78, 5) is 27.1. The van der Waals surface area contributed by atoms with Gasteiger partial charge in [-0.25, -0.2) is 0 Å². The molecule has 0 unspecified atom stereocenters. The Labute approximate surface area is 217 Å². The van der Waals surface area contributed by atoms with Crippen LogP contribution >= 0.6 is 0 Å². The quantitative estimate of drug-likeness (QED) is 0.534. The highest BCUT2D eigenvalue weighted by atomic mass is 16.5. The number of carbonyl (C=O) groups excluding carboxylic acids is 2. The van der Waals surface area contributed by atoms with E-state index in [-0.39, 0.29) is 17.2 Å². The highest BCUT2D eigenvalue weighted by molar-refractivity contribution is 5.87. The first-order valence-electron chi connectivity index (χ1n) is 13.9. The van der Waals surface area contributed by atoms with Gasteiger partial charge in [0, 0.05) is 39.0 Å². The Hall–Kier alpha value is -1.93. The van der Waals surface area contributed by atoms with Crippen LogP contribution in [-0.4, -0.2) is 58.8 Å². The van der Waals surface area contributed by atoms with Gasteiger partial charge in [-0.1, -0.05) is 71.4 Å². The molecule has 2 heterocycles. The summed E-state index contributed by atoms with van der Waals surface area (Å²) in [6.07, 6.45) is 8.90. The van der Waals surface area contributed by atoms with Crippen molar-refractivity contribution in [3.05, 3.63) is 17.5 Å². The van der Waals surface area contributed by atoms with Gasteiger partial charge in [-0.2, -0.15) is 0 Å². The summed E-state index contributed by atoms with van der Waals surface area (Å²) >= 11 is 0. The Bertz CT molecular complexity index is 804. The number of nitrogens with one attached hydrogen (secondary N) is 2. The molecule has 1 aliphatic heterocycles. The maximum atomic E-state index is 13.0. The Kier molecular flexibility index (Phi) is 12.4. The fourth-order valence-electron chi connectivity index (χ4n) is 4.75. The van der Waals surface area contributed by atoms with Gasteiger partial charge in [0.15, 0.2) is 0 Å². The van der Waals surface area contributed by atoms with E-state index >= 15 is 0 Å². The molecule has 8 heteroatoms.